The average Bonchev–Trinajstić information content (AvgIpc) is 3.25. The summed E-state index contributed by atoms with van der Waals surface area (Å²) in [5.41, 5.74) is 4.81. The number of rotatable bonds is 2. The van der Waals surface area contributed by atoms with Crippen LogP contribution in [0, 0.1) is 5.92 Å². The molecule has 1 aliphatic carbocycles. The summed E-state index contributed by atoms with van der Waals surface area (Å²) in [6.45, 7) is 4.69. The van der Waals surface area contributed by atoms with E-state index in [2.05, 4.69) is 13.0 Å². The third-order valence-corrected chi connectivity index (χ3v) is 5.79. The number of allylic oxidation sites excluding steroid dienone is 1. The highest BCUT2D eigenvalue weighted by molar-refractivity contribution is 6.09. The molecule has 29 heavy (non-hydrogen) atoms. The highest BCUT2D eigenvalue weighted by atomic mass is 16.5. The van der Waals surface area contributed by atoms with E-state index in [0.717, 1.165) is 51.9 Å². The molecular formula is C24H24N2O3. The standard InChI is InChI=1S/C24H24N2O3/c1-16-13-17(15-18-5-4-10-29-18)23-20(14-16)22(19-6-2-3-7-21(19)25-23)24(27)26-8-11-28-12-9-26/h2-7,10,15-16H,8-9,11-14H2,1H3. The third kappa shape index (κ3) is 3.36. The maximum Gasteiger partial charge on any atom is 0.255 e. The van der Waals surface area contributed by atoms with E-state index < -0.39 is 0 Å². The Hall–Kier alpha value is -2.92. The number of benzene rings is 1. The summed E-state index contributed by atoms with van der Waals surface area (Å²) < 4.78 is 11.0. The van der Waals surface area contributed by atoms with Crippen LogP contribution in [0.25, 0.3) is 22.6 Å². The second kappa shape index (κ2) is 7.48. The predicted octanol–water partition coefficient (Wildman–Crippen LogP) is 4.42. The van der Waals surface area contributed by atoms with Crippen LogP contribution in [0.2, 0.25) is 0 Å². The highest BCUT2D eigenvalue weighted by Gasteiger charge is 2.30. The smallest absolute Gasteiger partial charge is 0.255 e. The zero-order chi connectivity index (χ0) is 19.8. The highest BCUT2D eigenvalue weighted by Crippen LogP contribution is 2.39. The van der Waals surface area contributed by atoms with Crippen molar-refractivity contribution in [3.63, 3.8) is 0 Å². The van der Waals surface area contributed by atoms with Crippen LogP contribution < -0.4 is 0 Å². The van der Waals surface area contributed by atoms with E-state index in [-0.39, 0.29) is 5.91 Å². The molecule has 0 saturated carbocycles. The van der Waals surface area contributed by atoms with Gasteiger partial charge in [-0.2, -0.15) is 0 Å². The topological polar surface area (TPSA) is 55.6 Å². The number of hydrogen-bond acceptors (Lipinski definition) is 4. The van der Waals surface area contributed by atoms with E-state index in [9.17, 15) is 4.79 Å². The van der Waals surface area contributed by atoms with Crippen molar-refractivity contribution in [3.05, 3.63) is 65.2 Å². The fourth-order valence-corrected chi connectivity index (χ4v) is 4.45. The fraction of sp³-hybridized carbons (Fsp3) is 0.333. The number of ether oxygens (including phenoxy) is 1. The molecule has 1 aromatic carbocycles. The molecule has 0 spiro atoms. The molecule has 1 amide bonds. The molecule has 1 fully saturated rings. The van der Waals surface area contributed by atoms with Crippen molar-refractivity contribution in [2.75, 3.05) is 26.3 Å². The van der Waals surface area contributed by atoms with Gasteiger partial charge in [-0.25, -0.2) is 4.98 Å². The SMILES string of the molecule is CC1CC(=Cc2ccco2)c2nc3ccccc3c(C(=O)N3CCOCC3)c2C1. The van der Waals surface area contributed by atoms with Crippen LogP contribution in [0.15, 0.2) is 47.1 Å². The Labute approximate surface area is 170 Å². The minimum absolute atomic E-state index is 0.0922. The summed E-state index contributed by atoms with van der Waals surface area (Å²) in [4.78, 5) is 20.5. The minimum atomic E-state index is 0.0922. The van der Waals surface area contributed by atoms with Crippen molar-refractivity contribution in [3.8, 4) is 0 Å². The molecule has 5 rings (SSSR count). The lowest BCUT2D eigenvalue weighted by Gasteiger charge is -2.31. The lowest BCUT2D eigenvalue weighted by atomic mass is 9.80. The number of nitrogens with zero attached hydrogens (tertiary/aromatic N) is 2. The maximum atomic E-state index is 13.6. The van der Waals surface area contributed by atoms with Gasteiger partial charge in [-0.05, 0) is 54.2 Å². The first-order chi connectivity index (χ1) is 14.2. The van der Waals surface area contributed by atoms with Gasteiger partial charge >= 0.3 is 0 Å². The van der Waals surface area contributed by atoms with Gasteiger partial charge in [0.25, 0.3) is 5.91 Å². The first kappa shape index (κ1) is 18.1. The Morgan fingerprint density at radius 3 is 2.76 bits per heavy atom. The number of carbonyl (C=O) groups excluding carboxylic acids is 1. The van der Waals surface area contributed by atoms with E-state index in [1.54, 1.807) is 6.26 Å². The molecule has 1 aliphatic heterocycles. The number of carbonyl (C=O) groups is 1. The van der Waals surface area contributed by atoms with Crippen LogP contribution in [0.4, 0.5) is 0 Å². The molecule has 2 aliphatic rings. The van der Waals surface area contributed by atoms with E-state index in [1.807, 2.05) is 41.3 Å². The number of morpholine rings is 1. The number of pyridine rings is 1. The number of furan rings is 1. The molecule has 1 atom stereocenters. The number of para-hydroxylation sites is 1. The van der Waals surface area contributed by atoms with Gasteiger partial charge in [-0.1, -0.05) is 25.1 Å². The number of hydrogen-bond donors (Lipinski definition) is 0. The summed E-state index contributed by atoms with van der Waals surface area (Å²) in [5.74, 6) is 1.34. The molecule has 5 heteroatoms. The normalized spacial score (nSPS) is 20.8. The van der Waals surface area contributed by atoms with Crippen molar-refractivity contribution in [1.82, 2.24) is 9.88 Å². The van der Waals surface area contributed by atoms with Crippen molar-refractivity contribution < 1.29 is 13.9 Å². The Bertz CT molecular complexity index is 1080. The molecule has 3 heterocycles. The summed E-state index contributed by atoms with van der Waals surface area (Å²) in [6.07, 6.45) is 5.53. The lowest BCUT2D eigenvalue weighted by molar-refractivity contribution is 0.0303. The Balaban J connectivity index is 1.72. The predicted molar refractivity (Wildman–Crippen MR) is 113 cm³/mol. The molecule has 3 aromatic rings. The van der Waals surface area contributed by atoms with Gasteiger partial charge in [0.05, 0.1) is 36.3 Å². The molecule has 0 radical (unpaired) electrons. The van der Waals surface area contributed by atoms with Crippen LogP contribution in [0.3, 0.4) is 0 Å². The molecule has 1 saturated heterocycles. The van der Waals surface area contributed by atoms with Gasteiger partial charge in [0, 0.05) is 18.5 Å². The van der Waals surface area contributed by atoms with Crippen LogP contribution in [0.5, 0.6) is 0 Å². The molecule has 0 bridgehead atoms. The molecule has 2 aromatic heterocycles. The Morgan fingerprint density at radius 2 is 1.97 bits per heavy atom. The van der Waals surface area contributed by atoms with Crippen molar-refractivity contribution in [2.45, 2.75) is 19.8 Å². The molecular weight excluding hydrogens is 364 g/mol. The maximum absolute atomic E-state index is 13.6. The van der Waals surface area contributed by atoms with Crippen molar-refractivity contribution in [1.29, 1.82) is 0 Å². The third-order valence-electron chi connectivity index (χ3n) is 5.79. The minimum Gasteiger partial charge on any atom is -0.465 e. The number of fused-ring (bicyclic) bond motifs is 2. The Morgan fingerprint density at radius 1 is 1.14 bits per heavy atom. The van der Waals surface area contributed by atoms with Crippen LogP contribution >= 0.6 is 0 Å². The summed E-state index contributed by atoms with van der Waals surface area (Å²) in [6, 6.07) is 11.8. The summed E-state index contributed by atoms with van der Waals surface area (Å²) >= 11 is 0. The van der Waals surface area contributed by atoms with Crippen molar-refractivity contribution >= 4 is 28.5 Å². The van der Waals surface area contributed by atoms with Gasteiger partial charge in [0.2, 0.25) is 0 Å². The quantitative estimate of drug-likeness (QED) is 0.652. The van der Waals surface area contributed by atoms with E-state index >= 15 is 0 Å². The first-order valence-electron chi connectivity index (χ1n) is 10.2. The monoisotopic (exact) mass is 388 g/mol. The molecule has 5 nitrogen and oxygen atoms in total. The Kier molecular flexibility index (Phi) is 4.68. The number of amides is 1. The van der Waals surface area contributed by atoms with Gasteiger partial charge in [-0.3, -0.25) is 4.79 Å². The molecule has 148 valence electrons. The van der Waals surface area contributed by atoms with Gasteiger partial charge in [0.1, 0.15) is 5.76 Å². The van der Waals surface area contributed by atoms with Crippen LogP contribution in [-0.2, 0) is 11.2 Å². The van der Waals surface area contributed by atoms with Gasteiger partial charge in [-0.15, -0.1) is 0 Å². The molecule has 0 N–H and O–H groups in total. The van der Waals surface area contributed by atoms with Crippen LogP contribution in [0.1, 0.15) is 40.7 Å². The second-order valence-electron chi connectivity index (χ2n) is 7.93. The van der Waals surface area contributed by atoms with E-state index in [1.165, 1.54) is 0 Å². The average molecular weight is 388 g/mol. The van der Waals surface area contributed by atoms with Gasteiger partial charge < -0.3 is 14.1 Å². The van der Waals surface area contributed by atoms with Crippen molar-refractivity contribution in [2.24, 2.45) is 5.92 Å². The van der Waals surface area contributed by atoms with Gasteiger partial charge in [0.15, 0.2) is 0 Å². The summed E-state index contributed by atoms with van der Waals surface area (Å²) in [5, 5.41) is 0.939. The lowest BCUT2D eigenvalue weighted by Crippen LogP contribution is -2.41. The zero-order valence-corrected chi connectivity index (χ0v) is 16.6. The van der Waals surface area contributed by atoms with Crippen LogP contribution in [-0.4, -0.2) is 42.1 Å². The molecule has 1 unspecified atom stereocenters. The number of aromatic nitrogens is 1. The second-order valence-corrected chi connectivity index (χ2v) is 7.93. The summed E-state index contributed by atoms with van der Waals surface area (Å²) in [7, 11) is 0. The largest absolute Gasteiger partial charge is 0.465 e. The van der Waals surface area contributed by atoms with E-state index in [4.69, 9.17) is 14.1 Å². The van der Waals surface area contributed by atoms with E-state index in [0.29, 0.717) is 32.2 Å². The fourth-order valence-electron chi connectivity index (χ4n) is 4.45. The zero-order valence-electron chi connectivity index (χ0n) is 16.6. The first-order valence-corrected chi connectivity index (χ1v) is 10.2.